The van der Waals surface area contributed by atoms with E-state index in [-0.39, 0.29) is 5.54 Å². The number of ether oxygens (including phenoxy) is 1. The van der Waals surface area contributed by atoms with Crippen molar-refractivity contribution < 1.29 is 4.74 Å². The van der Waals surface area contributed by atoms with Gasteiger partial charge < -0.3 is 20.4 Å². The summed E-state index contributed by atoms with van der Waals surface area (Å²) in [4.78, 5) is 15.4. The van der Waals surface area contributed by atoms with Gasteiger partial charge >= 0.3 is 0 Å². The molecule has 2 aliphatic rings. The Morgan fingerprint density at radius 2 is 1.90 bits per heavy atom. The van der Waals surface area contributed by atoms with Crippen LogP contribution in [0.3, 0.4) is 0 Å². The predicted octanol–water partition coefficient (Wildman–Crippen LogP) is 3.17. The molecule has 0 amide bonds. The molecule has 0 atom stereocenters. The maximum atomic E-state index is 5.61. The molecule has 2 fully saturated rings. The maximum Gasteiger partial charge on any atom is 0.191 e. The number of nitrogens with zero attached hydrogens (tertiary/aromatic N) is 3. The number of H-pyrrole nitrogens is 1. The van der Waals surface area contributed by atoms with Crippen LogP contribution in [-0.2, 0) is 11.3 Å². The fourth-order valence-electron chi connectivity index (χ4n) is 4.80. The van der Waals surface area contributed by atoms with Gasteiger partial charge in [0.15, 0.2) is 5.96 Å². The minimum Gasteiger partial charge on any atom is -0.379 e. The third-order valence-electron chi connectivity index (χ3n) is 6.50. The average Bonchev–Trinajstić information content (AvgIpc) is 3.32. The second-order valence-electron chi connectivity index (χ2n) is 8.54. The van der Waals surface area contributed by atoms with E-state index in [4.69, 9.17) is 9.73 Å². The van der Waals surface area contributed by atoms with Crippen LogP contribution in [0.4, 0.5) is 0 Å². The van der Waals surface area contributed by atoms with Crippen LogP contribution < -0.4 is 10.6 Å². The lowest BCUT2D eigenvalue weighted by Gasteiger charge is -2.48. The standard InChI is InChI=1S/C24H36N6O/c1-2-25-23(27-18-22-26-17-21(29-22)20-9-5-3-6-10-20)28-19-24(11-7-4-8-12-24)30-13-15-31-16-14-30/h3,5-6,9-10,17H,2,4,7-8,11-16,18-19H2,1H3,(H,26,29)(H2,25,27,28). The van der Waals surface area contributed by atoms with Crippen LogP contribution in [0.1, 0.15) is 44.9 Å². The number of hydrogen-bond acceptors (Lipinski definition) is 4. The first-order valence-electron chi connectivity index (χ1n) is 11.7. The highest BCUT2D eigenvalue weighted by Gasteiger charge is 2.38. The Bertz CT molecular complexity index is 822. The molecule has 7 heteroatoms. The Hall–Kier alpha value is -2.38. The number of benzene rings is 1. The molecule has 0 unspecified atom stereocenters. The molecule has 1 saturated heterocycles. The lowest BCUT2D eigenvalue weighted by atomic mass is 9.80. The number of aromatic nitrogens is 2. The maximum absolute atomic E-state index is 5.61. The van der Waals surface area contributed by atoms with Gasteiger partial charge in [0, 0.05) is 31.7 Å². The highest BCUT2D eigenvalue weighted by atomic mass is 16.5. The molecule has 4 rings (SSSR count). The van der Waals surface area contributed by atoms with Crippen LogP contribution in [0, 0.1) is 0 Å². The summed E-state index contributed by atoms with van der Waals surface area (Å²) in [5.41, 5.74) is 2.38. The zero-order valence-corrected chi connectivity index (χ0v) is 18.7. The van der Waals surface area contributed by atoms with Crippen LogP contribution in [0.2, 0.25) is 0 Å². The van der Waals surface area contributed by atoms with Crippen molar-refractivity contribution in [1.29, 1.82) is 0 Å². The summed E-state index contributed by atoms with van der Waals surface area (Å²) < 4.78 is 5.61. The third kappa shape index (κ3) is 5.66. The number of morpholine rings is 1. The van der Waals surface area contributed by atoms with Crippen molar-refractivity contribution >= 4 is 5.96 Å². The van der Waals surface area contributed by atoms with E-state index in [0.29, 0.717) is 6.54 Å². The van der Waals surface area contributed by atoms with Gasteiger partial charge in [0.25, 0.3) is 0 Å². The Labute approximate surface area is 185 Å². The molecule has 7 nitrogen and oxygen atoms in total. The molecule has 1 aliphatic carbocycles. The quantitative estimate of drug-likeness (QED) is 0.470. The van der Waals surface area contributed by atoms with Crippen molar-refractivity contribution in [2.24, 2.45) is 4.99 Å². The normalized spacial score (nSPS) is 19.8. The first kappa shape index (κ1) is 21.8. The summed E-state index contributed by atoms with van der Waals surface area (Å²) >= 11 is 0. The van der Waals surface area contributed by atoms with Crippen molar-refractivity contribution in [3.05, 3.63) is 42.4 Å². The van der Waals surface area contributed by atoms with E-state index in [0.717, 1.165) is 62.4 Å². The van der Waals surface area contributed by atoms with Gasteiger partial charge in [-0.3, -0.25) is 4.90 Å². The highest BCUT2D eigenvalue weighted by Crippen LogP contribution is 2.33. The number of rotatable bonds is 7. The zero-order valence-electron chi connectivity index (χ0n) is 18.7. The molecule has 0 spiro atoms. The first-order chi connectivity index (χ1) is 15.3. The van der Waals surface area contributed by atoms with Crippen LogP contribution in [0.15, 0.2) is 41.5 Å². The topological polar surface area (TPSA) is 77.6 Å². The molecule has 1 aliphatic heterocycles. The van der Waals surface area contributed by atoms with Crippen molar-refractivity contribution in [3.8, 4) is 11.3 Å². The van der Waals surface area contributed by atoms with Crippen LogP contribution in [0.25, 0.3) is 11.3 Å². The van der Waals surface area contributed by atoms with Gasteiger partial charge in [0.1, 0.15) is 12.4 Å². The Morgan fingerprint density at radius 1 is 1.13 bits per heavy atom. The second kappa shape index (κ2) is 10.8. The molecule has 2 heterocycles. The molecule has 31 heavy (non-hydrogen) atoms. The Kier molecular flexibility index (Phi) is 7.59. The third-order valence-corrected chi connectivity index (χ3v) is 6.50. The van der Waals surface area contributed by atoms with Gasteiger partial charge in [-0.2, -0.15) is 0 Å². The van der Waals surface area contributed by atoms with E-state index in [1.165, 1.54) is 32.1 Å². The molecular weight excluding hydrogens is 388 g/mol. The fourth-order valence-corrected chi connectivity index (χ4v) is 4.80. The fraction of sp³-hybridized carbons (Fsp3) is 0.583. The largest absolute Gasteiger partial charge is 0.379 e. The Morgan fingerprint density at radius 3 is 2.65 bits per heavy atom. The molecule has 1 aromatic carbocycles. The minimum absolute atomic E-state index is 0.212. The molecule has 0 radical (unpaired) electrons. The highest BCUT2D eigenvalue weighted by molar-refractivity contribution is 5.79. The van der Waals surface area contributed by atoms with Crippen molar-refractivity contribution in [2.45, 2.75) is 51.1 Å². The van der Waals surface area contributed by atoms with Crippen LogP contribution >= 0.6 is 0 Å². The lowest BCUT2D eigenvalue weighted by Crippen LogP contribution is -2.60. The molecule has 1 aromatic heterocycles. The summed E-state index contributed by atoms with van der Waals surface area (Å²) in [7, 11) is 0. The predicted molar refractivity (Wildman–Crippen MR) is 125 cm³/mol. The number of guanidine groups is 1. The molecule has 0 bridgehead atoms. The van der Waals surface area contributed by atoms with Gasteiger partial charge in [-0.05, 0) is 25.3 Å². The van der Waals surface area contributed by atoms with Gasteiger partial charge in [0.05, 0.1) is 25.1 Å². The summed E-state index contributed by atoms with van der Waals surface area (Å²) in [5, 5.41) is 7.06. The van der Waals surface area contributed by atoms with E-state index in [1.54, 1.807) is 0 Å². The zero-order chi connectivity index (χ0) is 21.4. The average molecular weight is 425 g/mol. The molecule has 168 valence electrons. The molecule has 1 saturated carbocycles. The van der Waals surface area contributed by atoms with E-state index >= 15 is 0 Å². The number of nitrogens with one attached hydrogen (secondary N) is 3. The minimum atomic E-state index is 0.212. The SMILES string of the molecule is CCNC(=NCc1ncc(-c2ccccc2)[nH]1)NCC1(N2CCOCC2)CCCCC1. The van der Waals surface area contributed by atoms with E-state index in [1.807, 2.05) is 24.4 Å². The molecule has 3 N–H and O–H groups in total. The number of aliphatic imine (C=N–C) groups is 1. The summed E-state index contributed by atoms with van der Waals surface area (Å²) in [6.07, 6.45) is 8.34. The van der Waals surface area contributed by atoms with Gasteiger partial charge in [-0.15, -0.1) is 0 Å². The summed E-state index contributed by atoms with van der Waals surface area (Å²) in [6.45, 7) is 8.14. The van der Waals surface area contributed by atoms with Crippen LogP contribution in [-0.4, -0.2) is 65.8 Å². The number of aromatic amines is 1. The first-order valence-corrected chi connectivity index (χ1v) is 11.7. The van der Waals surface area contributed by atoms with Crippen molar-refractivity contribution in [3.63, 3.8) is 0 Å². The number of imidazole rings is 1. The van der Waals surface area contributed by atoms with Gasteiger partial charge in [-0.1, -0.05) is 49.6 Å². The summed E-state index contributed by atoms with van der Waals surface area (Å²) in [5.74, 6) is 1.73. The van der Waals surface area contributed by atoms with Gasteiger partial charge in [-0.25, -0.2) is 9.98 Å². The second-order valence-corrected chi connectivity index (χ2v) is 8.54. The molecular formula is C24H36N6O. The lowest BCUT2D eigenvalue weighted by molar-refractivity contribution is -0.0352. The van der Waals surface area contributed by atoms with E-state index in [2.05, 4.69) is 44.6 Å². The monoisotopic (exact) mass is 424 g/mol. The van der Waals surface area contributed by atoms with Crippen LogP contribution in [0.5, 0.6) is 0 Å². The molecule has 2 aromatic rings. The van der Waals surface area contributed by atoms with Crippen molar-refractivity contribution in [1.82, 2.24) is 25.5 Å². The summed E-state index contributed by atoms with van der Waals surface area (Å²) in [6, 6.07) is 10.3. The van der Waals surface area contributed by atoms with E-state index in [9.17, 15) is 0 Å². The Balaban J connectivity index is 1.41. The van der Waals surface area contributed by atoms with Gasteiger partial charge in [0.2, 0.25) is 0 Å². The smallest absolute Gasteiger partial charge is 0.191 e. The number of hydrogen-bond donors (Lipinski definition) is 3. The van der Waals surface area contributed by atoms with E-state index < -0.39 is 0 Å². The van der Waals surface area contributed by atoms with Crippen molar-refractivity contribution in [2.75, 3.05) is 39.4 Å².